The highest BCUT2D eigenvalue weighted by Crippen LogP contribution is 2.24. The second-order valence-electron chi connectivity index (χ2n) is 15.1. The van der Waals surface area contributed by atoms with Crippen LogP contribution in [-0.4, -0.2) is 71.4 Å². The summed E-state index contributed by atoms with van der Waals surface area (Å²) in [7, 11) is 0. The number of rotatable bonds is 19. The minimum absolute atomic E-state index is 0.00216. The molecule has 1 aliphatic carbocycles. The van der Waals surface area contributed by atoms with E-state index in [1.807, 2.05) is 119 Å². The molecule has 4 rings (SSSR count). The SMILES string of the molecule is CC(C)[C@H](NC(=O)OCc1ccccc1)C(=O)N[C@@H](Cc1ccccc1)[C@@H](O)CN(CC1CCCCC1)NC(=O)[C@@H](NC(=O)OCc1ccccc1)C(C)C. The lowest BCUT2D eigenvalue weighted by atomic mass is 9.89. The van der Waals surface area contributed by atoms with Crippen LogP contribution in [0.25, 0.3) is 0 Å². The summed E-state index contributed by atoms with van der Waals surface area (Å²) in [5.74, 6) is -1.17. The first-order chi connectivity index (χ1) is 26.5. The quantitative estimate of drug-likeness (QED) is 0.0948. The van der Waals surface area contributed by atoms with E-state index < -0.39 is 48.2 Å². The van der Waals surface area contributed by atoms with E-state index in [0.717, 1.165) is 48.8 Å². The van der Waals surface area contributed by atoms with Crippen molar-refractivity contribution in [1.82, 2.24) is 26.4 Å². The van der Waals surface area contributed by atoms with Gasteiger partial charge in [-0.3, -0.25) is 15.0 Å². The Morgan fingerprint density at radius 3 is 1.58 bits per heavy atom. The fourth-order valence-electron chi connectivity index (χ4n) is 6.70. The lowest BCUT2D eigenvalue weighted by Crippen LogP contribution is -2.60. The van der Waals surface area contributed by atoms with E-state index in [9.17, 15) is 24.3 Å². The normalized spacial score (nSPS) is 15.4. The summed E-state index contributed by atoms with van der Waals surface area (Å²) < 4.78 is 10.8. The van der Waals surface area contributed by atoms with Gasteiger partial charge in [0.15, 0.2) is 0 Å². The van der Waals surface area contributed by atoms with Gasteiger partial charge in [0.2, 0.25) is 5.91 Å². The van der Waals surface area contributed by atoms with Crippen LogP contribution in [0.5, 0.6) is 0 Å². The Morgan fingerprint density at radius 1 is 0.655 bits per heavy atom. The summed E-state index contributed by atoms with van der Waals surface area (Å²) in [4.78, 5) is 53.3. The van der Waals surface area contributed by atoms with Crippen LogP contribution in [0.1, 0.15) is 76.5 Å². The van der Waals surface area contributed by atoms with Gasteiger partial charge in [-0.1, -0.05) is 138 Å². The summed E-state index contributed by atoms with van der Waals surface area (Å²) in [5, 5.41) is 22.1. The third kappa shape index (κ3) is 15.0. The maximum atomic E-state index is 13.9. The first-order valence-corrected chi connectivity index (χ1v) is 19.5. The Hall–Kier alpha value is -4.94. The Bertz CT molecular complexity index is 1600. The number of ether oxygens (including phenoxy) is 2. The van der Waals surface area contributed by atoms with Crippen molar-refractivity contribution in [1.29, 1.82) is 0 Å². The van der Waals surface area contributed by atoms with Gasteiger partial charge in [-0.2, -0.15) is 0 Å². The molecule has 1 saturated carbocycles. The maximum absolute atomic E-state index is 13.9. The van der Waals surface area contributed by atoms with Crippen LogP contribution < -0.4 is 21.4 Å². The van der Waals surface area contributed by atoms with Gasteiger partial charge in [-0.25, -0.2) is 14.6 Å². The van der Waals surface area contributed by atoms with Crippen LogP contribution in [-0.2, 0) is 38.7 Å². The zero-order valence-electron chi connectivity index (χ0n) is 32.6. The average molecular weight is 758 g/mol. The minimum atomic E-state index is -1.13. The van der Waals surface area contributed by atoms with Crippen LogP contribution in [0.2, 0.25) is 0 Å². The molecular formula is C43H59N5O7. The minimum Gasteiger partial charge on any atom is -0.445 e. The van der Waals surface area contributed by atoms with Gasteiger partial charge >= 0.3 is 12.2 Å². The maximum Gasteiger partial charge on any atom is 0.408 e. The number of nitrogens with one attached hydrogen (secondary N) is 4. The Balaban J connectivity index is 1.47. The van der Waals surface area contributed by atoms with Crippen molar-refractivity contribution >= 4 is 24.0 Å². The second kappa shape index (κ2) is 22.4. The van der Waals surface area contributed by atoms with Crippen molar-refractivity contribution in [2.24, 2.45) is 17.8 Å². The number of alkyl carbamates (subject to hydrolysis) is 2. The van der Waals surface area contributed by atoms with Gasteiger partial charge in [0.1, 0.15) is 25.3 Å². The lowest BCUT2D eigenvalue weighted by molar-refractivity contribution is -0.131. The van der Waals surface area contributed by atoms with Gasteiger partial charge in [0.25, 0.3) is 5.91 Å². The summed E-state index contributed by atoms with van der Waals surface area (Å²) >= 11 is 0. The molecule has 3 aromatic rings. The molecular weight excluding hydrogens is 699 g/mol. The molecule has 5 N–H and O–H groups in total. The largest absolute Gasteiger partial charge is 0.445 e. The number of hydrogen-bond acceptors (Lipinski definition) is 8. The van der Waals surface area contributed by atoms with E-state index in [1.54, 1.807) is 5.01 Å². The molecule has 4 atom stereocenters. The van der Waals surface area contributed by atoms with E-state index >= 15 is 0 Å². The highest BCUT2D eigenvalue weighted by Gasteiger charge is 2.33. The van der Waals surface area contributed by atoms with E-state index in [1.165, 1.54) is 0 Å². The van der Waals surface area contributed by atoms with E-state index in [-0.39, 0.29) is 31.6 Å². The molecule has 12 heteroatoms. The third-order valence-electron chi connectivity index (χ3n) is 9.84. The fraction of sp³-hybridized carbons (Fsp3) is 0.488. The topological polar surface area (TPSA) is 158 Å². The molecule has 0 radical (unpaired) electrons. The van der Waals surface area contributed by atoms with Gasteiger partial charge in [0, 0.05) is 13.1 Å². The molecule has 298 valence electrons. The molecule has 1 fully saturated rings. The van der Waals surface area contributed by atoms with Crippen molar-refractivity contribution in [2.75, 3.05) is 13.1 Å². The van der Waals surface area contributed by atoms with E-state index in [4.69, 9.17) is 9.47 Å². The number of benzene rings is 3. The lowest BCUT2D eigenvalue weighted by Gasteiger charge is -2.35. The number of carbonyl (C=O) groups is 4. The van der Waals surface area contributed by atoms with Gasteiger partial charge in [-0.05, 0) is 53.7 Å². The zero-order chi connectivity index (χ0) is 39.6. The highest BCUT2D eigenvalue weighted by molar-refractivity contribution is 5.86. The average Bonchev–Trinajstić information content (AvgIpc) is 3.18. The van der Waals surface area contributed by atoms with Crippen molar-refractivity contribution in [3.63, 3.8) is 0 Å². The Labute approximate surface area is 325 Å². The number of nitrogens with zero attached hydrogens (tertiary/aromatic N) is 1. The fourth-order valence-corrected chi connectivity index (χ4v) is 6.70. The molecule has 12 nitrogen and oxygen atoms in total. The molecule has 0 bridgehead atoms. The monoisotopic (exact) mass is 757 g/mol. The third-order valence-corrected chi connectivity index (χ3v) is 9.84. The number of amides is 4. The predicted molar refractivity (Wildman–Crippen MR) is 211 cm³/mol. The molecule has 4 amide bonds. The molecule has 1 aliphatic rings. The van der Waals surface area contributed by atoms with E-state index in [2.05, 4.69) is 21.4 Å². The number of hydrazine groups is 1. The number of aliphatic hydroxyl groups is 1. The van der Waals surface area contributed by atoms with Gasteiger partial charge in [-0.15, -0.1) is 0 Å². The van der Waals surface area contributed by atoms with Gasteiger partial charge in [0.05, 0.1) is 12.1 Å². The standard InChI is InChI=1S/C43H59N5O7/c1-30(2)38(45-42(52)54-28-34-21-13-7-14-22-34)40(50)44-36(25-32-17-9-5-10-18-32)37(49)27-48(26-33-19-11-6-12-20-33)47-41(51)39(31(3)4)46-43(53)55-29-35-23-15-8-16-24-35/h5,7-10,13-18,21-24,30-31,33,36-39,49H,6,11-12,19-20,25-29H2,1-4H3,(H,44,50)(H,45,52)(H,46,53)(H,47,51)/t36-,37-,38-,39-/m0/s1. The Kier molecular flexibility index (Phi) is 17.5. The number of carbonyl (C=O) groups excluding carboxylic acids is 4. The summed E-state index contributed by atoms with van der Waals surface area (Å²) in [6, 6.07) is 25.4. The Morgan fingerprint density at radius 2 is 1.11 bits per heavy atom. The van der Waals surface area contributed by atoms with Crippen LogP contribution in [0, 0.1) is 17.8 Å². The first-order valence-electron chi connectivity index (χ1n) is 19.5. The molecule has 0 heterocycles. The van der Waals surface area contributed by atoms with Crippen molar-refractivity contribution in [2.45, 2.75) is 104 Å². The molecule has 3 aromatic carbocycles. The molecule has 0 aromatic heterocycles. The van der Waals surface area contributed by atoms with Crippen LogP contribution in [0.3, 0.4) is 0 Å². The second-order valence-corrected chi connectivity index (χ2v) is 15.1. The summed E-state index contributed by atoms with van der Waals surface area (Å²) in [5.41, 5.74) is 5.54. The first kappa shape index (κ1) is 42.8. The number of hydrogen-bond donors (Lipinski definition) is 5. The van der Waals surface area contributed by atoms with Crippen LogP contribution in [0.15, 0.2) is 91.0 Å². The molecule has 0 saturated heterocycles. The van der Waals surface area contributed by atoms with E-state index in [0.29, 0.717) is 18.9 Å². The van der Waals surface area contributed by atoms with Crippen LogP contribution >= 0.6 is 0 Å². The smallest absolute Gasteiger partial charge is 0.408 e. The van der Waals surface area contributed by atoms with Gasteiger partial charge < -0.3 is 30.5 Å². The molecule has 55 heavy (non-hydrogen) atoms. The predicted octanol–water partition coefficient (Wildman–Crippen LogP) is 5.89. The molecule has 0 spiro atoms. The van der Waals surface area contributed by atoms with Crippen molar-refractivity contribution in [3.8, 4) is 0 Å². The summed E-state index contributed by atoms with van der Waals surface area (Å²) in [6.45, 7) is 7.93. The van der Waals surface area contributed by atoms with Crippen LogP contribution in [0.4, 0.5) is 9.59 Å². The number of aliphatic hydroxyl groups excluding tert-OH is 1. The highest BCUT2D eigenvalue weighted by atomic mass is 16.6. The van der Waals surface area contributed by atoms with Crippen molar-refractivity contribution < 1.29 is 33.8 Å². The van der Waals surface area contributed by atoms with Crippen molar-refractivity contribution in [3.05, 3.63) is 108 Å². The zero-order valence-corrected chi connectivity index (χ0v) is 32.6. The molecule has 0 unspecified atom stereocenters. The summed E-state index contributed by atoms with van der Waals surface area (Å²) in [6.07, 6.45) is 3.05. The molecule has 0 aliphatic heterocycles.